The van der Waals surface area contributed by atoms with Gasteiger partial charge in [0.25, 0.3) is 5.91 Å². The predicted molar refractivity (Wildman–Crippen MR) is 128 cm³/mol. The summed E-state index contributed by atoms with van der Waals surface area (Å²) in [5.74, 6) is -1.22. The number of carbonyl (C=O) groups is 2. The van der Waals surface area contributed by atoms with Crippen molar-refractivity contribution in [2.24, 2.45) is 0 Å². The molecule has 32 heavy (non-hydrogen) atoms. The third kappa shape index (κ3) is 5.00. The van der Waals surface area contributed by atoms with Crippen LogP contribution in [0.3, 0.4) is 0 Å². The number of halogens is 1. The second kappa shape index (κ2) is 9.97. The van der Waals surface area contributed by atoms with Crippen LogP contribution in [0, 0.1) is 0 Å². The number of hydrogen-bond acceptors (Lipinski definition) is 4. The molecule has 1 N–H and O–H groups in total. The molecule has 164 valence electrons. The Hall–Kier alpha value is -3.16. The first kappa shape index (κ1) is 22.0. The molecule has 0 unspecified atom stereocenters. The number of amides is 1. The predicted octanol–water partition coefficient (Wildman–Crippen LogP) is 4.83. The topological polar surface area (TPSA) is 70.1 Å². The van der Waals surface area contributed by atoms with E-state index >= 15 is 0 Å². The number of carbonyl (C=O) groups excluding carboxylic acids is 1. The lowest BCUT2D eigenvalue weighted by Gasteiger charge is -2.31. The van der Waals surface area contributed by atoms with Crippen molar-refractivity contribution >= 4 is 39.2 Å². The summed E-state index contributed by atoms with van der Waals surface area (Å²) in [5.41, 5.74) is 2.81. The third-order valence-corrected chi connectivity index (χ3v) is 5.86. The van der Waals surface area contributed by atoms with Gasteiger partial charge in [-0.05, 0) is 48.0 Å². The summed E-state index contributed by atoms with van der Waals surface area (Å²) < 4.78 is 6.31. The molecule has 1 fully saturated rings. The molecule has 6 nitrogen and oxygen atoms in total. The number of rotatable bonds is 6. The number of hydrogen-bond donors (Lipinski definition) is 1. The smallest absolute Gasteiger partial charge is 0.337 e. The number of carboxylic acid groups (broad SMARTS) is 1. The number of morpholine rings is 1. The van der Waals surface area contributed by atoms with Crippen LogP contribution in [-0.4, -0.2) is 43.3 Å². The van der Waals surface area contributed by atoms with Gasteiger partial charge in [0.1, 0.15) is 0 Å². The van der Waals surface area contributed by atoms with Gasteiger partial charge in [-0.1, -0.05) is 46.3 Å². The fourth-order valence-corrected chi connectivity index (χ4v) is 4.22. The molecule has 0 aromatic heterocycles. The van der Waals surface area contributed by atoms with E-state index in [4.69, 9.17) is 4.74 Å². The Morgan fingerprint density at radius 3 is 2.41 bits per heavy atom. The van der Waals surface area contributed by atoms with Crippen molar-refractivity contribution in [1.82, 2.24) is 0 Å². The second-order valence-corrected chi connectivity index (χ2v) is 8.41. The van der Waals surface area contributed by atoms with Gasteiger partial charge in [-0.15, -0.1) is 0 Å². The van der Waals surface area contributed by atoms with Gasteiger partial charge in [0, 0.05) is 28.8 Å². The minimum absolute atomic E-state index is 0.171. The van der Waals surface area contributed by atoms with Crippen LogP contribution in [0.5, 0.6) is 0 Å². The first-order chi connectivity index (χ1) is 15.5. The summed E-state index contributed by atoms with van der Waals surface area (Å²) in [5, 5.41) is 9.92. The monoisotopic (exact) mass is 494 g/mol. The summed E-state index contributed by atoms with van der Waals surface area (Å²) in [4.78, 5) is 29.2. The number of ether oxygens (including phenoxy) is 1. The quantitative estimate of drug-likeness (QED) is 0.531. The molecule has 0 radical (unpaired) electrons. The van der Waals surface area contributed by atoms with E-state index in [9.17, 15) is 14.7 Å². The van der Waals surface area contributed by atoms with Crippen molar-refractivity contribution in [3.63, 3.8) is 0 Å². The van der Waals surface area contributed by atoms with Crippen molar-refractivity contribution in [2.45, 2.75) is 6.54 Å². The highest BCUT2D eigenvalue weighted by molar-refractivity contribution is 9.10. The molecule has 1 amide bonds. The van der Waals surface area contributed by atoms with Gasteiger partial charge in [0.05, 0.1) is 31.0 Å². The zero-order valence-electron chi connectivity index (χ0n) is 17.4. The molecule has 0 saturated carbocycles. The van der Waals surface area contributed by atoms with Crippen LogP contribution in [-0.2, 0) is 11.3 Å². The Balaban J connectivity index is 1.75. The summed E-state index contributed by atoms with van der Waals surface area (Å²) in [6, 6.07) is 21.9. The summed E-state index contributed by atoms with van der Waals surface area (Å²) >= 11 is 3.48. The highest BCUT2D eigenvalue weighted by atomic mass is 79.9. The average Bonchev–Trinajstić information content (AvgIpc) is 2.83. The third-order valence-electron chi connectivity index (χ3n) is 5.37. The van der Waals surface area contributed by atoms with Gasteiger partial charge in [-0.25, -0.2) is 4.79 Å². The van der Waals surface area contributed by atoms with Crippen LogP contribution in [0.4, 0.5) is 11.4 Å². The summed E-state index contributed by atoms with van der Waals surface area (Å²) in [6.07, 6.45) is 0. The molecule has 0 bridgehead atoms. The fraction of sp³-hybridized carbons (Fsp3) is 0.200. The lowest BCUT2D eigenvalue weighted by atomic mass is 10.1. The Morgan fingerprint density at radius 2 is 1.72 bits per heavy atom. The van der Waals surface area contributed by atoms with Crippen molar-refractivity contribution < 1.29 is 19.4 Å². The highest BCUT2D eigenvalue weighted by Gasteiger charge is 2.23. The Labute approximate surface area is 195 Å². The maximum Gasteiger partial charge on any atom is 0.337 e. The van der Waals surface area contributed by atoms with Gasteiger partial charge in [-0.3, -0.25) is 4.79 Å². The maximum atomic E-state index is 13.4. The molecule has 4 rings (SSSR count). The normalized spacial score (nSPS) is 13.6. The van der Waals surface area contributed by atoms with Crippen molar-refractivity contribution in [2.75, 3.05) is 36.1 Å². The van der Waals surface area contributed by atoms with Gasteiger partial charge in [0.15, 0.2) is 0 Å². The van der Waals surface area contributed by atoms with E-state index in [0.29, 0.717) is 49.8 Å². The van der Waals surface area contributed by atoms with Crippen molar-refractivity contribution in [3.05, 3.63) is 94.0 Å². The van der Waals surface area contributed by atoms with E-state index in [1.54, 1.807) is 29.2 Å². The van der Waals surface area contributed by atoms with E-state index in [1.165, 1.54) is 0 Å². The molecule has 0 atom stereocenters. The Morgan fingerprint density at radius 1 is 0.969 bits per heavy atom. The molecule has 7 heteroatoms. The molecule has 3 aromatic carbocycles. The first-order valence-corrected chi connectivity index (χ1v) is 11.1. The van der Waals surface area contributed by atoms with Gasteiger partial charge >= 0.3 is 5.97 Å². The van der Waals surface area contributed by atoms with Crippen LogP contribution in [0.1, 0.15) is 26.3 Å². The molecular formula is C25H23BrN2O4. The molecule has 0 spiro atoms. The number of aromatic carboxylic acids is 1. The second-order valence-electron chi connectivity index (χ2n) is 7.49. The summed E-state index contributed by atoms with van der Waals surface area (Å²) in [7, 11) is 0. The Kier molecular flexibility index (Phi) is 6.87. The zero-order valence-corrected chi connectivity index (χ0v) is 19.0. The molecular weight excluding hydrogens is 472 g/mol. The van der Waals surface area contributed by atoms with E-state index in [2.05, 4.69) is 15.9 Å². The molecule has 3 aromatic rings. The minimum Gasteiger partial charge on any atom is -0.478 e. The molecule has 0 aliphatic carbocycles. The van der Waals surface area contributed by atoms with E-state index in [0.717, 1.165) is 10.0 Å². The minimum atomic E-state index is -1.03. The average molecular weight is 495 g/mol. The number of nitrogens with zero attached hydrogens (tertiary/aromatic N) is 2. The largest absolute Gasteiger partial charge is 0.478 e. The van der Waals surface area contributed by atoms with Crippen molar-refractivity contribution in [1.29, 1.82) is 0 Å². The molecule has 1 aliphatic heterocycles. The summed E-state index contributed by atoms with van der Waals surface area (Å²) in [6.45, 7) is 2.68. The number of benzene rings is 3. The van der Waals surface area contributed by atoms with Crippen LogP contribution in [0.25, 0.3) is 0 Å². The van der Waals surface area contributed by atoms with Gasteiger partial charge < -0.3 is 19.6 Å². The number of carboxylic acids is 1. The molecule has 1 heterocycles. The van der Waals surface area contributed by atoms with E-state index in [1.807, 2.05) is 53.4 Å². The molecule has 1 saturated heterocycles. The van der Waals surface area contributed by atoms with E-state index < -0.39 is 5.97 Å². The van der Waals surface area contributed by atoms with Crippen LogP contribution in [0.2, 0.25) is 0 Å². The van der Waals surface area contributed by atoms with Gasteiger partial charge in [0.2, 0.25) is 0 Å². The highest BCUT2D eigenvalue weighted by Crippen LogP contribution is 2.29. The zero-order chi connectivity index (χ0) is 22.5. The van der Waals surface area contributed by atoms with Crippen molar-refractivity contribution in [3.8, 4) is 0 Å². The fourth-order valence-electron chi connectivity index (χ4n) is 3.78. The van der Waals surface area contributed by atoms with Crippen LogP contribution < -0.4 is 9.80 Å². The lowest BCUT2D eigenvalue weighted by Crippen LogP contribution is -2.37. The lowest BCUT2D eigenvalue weighted by molar-refractivity contribution is 0.0696. The van der Waals surface area contributed by atoms with E-state index in [-0.39, 0.29) is 11.5 Å². The standard InChI is InChI=1S/C25H23BrN2O4/c26-20-8-4-5-18(15-20)17-28(24(29)19-6-2-1-3-7-19)21-9-10-23(22(16-21)25(30)31)27-11-13-32-14-12-27/h1-10,15-16H,11-14,17H2,(H,30,31). The van der Waals surface area contributed by atoms with Crippen LogP contribution >= 0.6 is 15.9 Å². The Bertz CT molecular complexity index is 1110. The SMILES string of the molecule is O=C(O)c1cc(N(Cc2cccc(Br)c2)C(=O)c2ccccc2)ccc1N1CCOCC1. The maximum absolute atomic E-state index is 13.4. The molecule has 1 aliphatic rings. The number of anilines is 2. The first-order valence-electron chi connectivity index (χ1n) is 10.3. The van der Waals surface area contributed by atoms with Crippen LogP contribution in [0.15, 0.2) is 77.3 Å². The van der Waals surface area contributed by atoms with Gasteiger partial charge in [-0.2, -0.15) is 0 Å².